The molecule has 0 bridgehead atoms. The van der Waals surface area contributed by atoms with Gasteiger partial charge >= 0.3 is 5.97 Å². The molecule has 3 aromatic carbocycles. The minimum Gasteiger partial charge on any atom is -0.467 e. The van der Waals surface area contributed by atoms with E-state index in [1.165, 1.54) is 7.11 Å². The van der Waals surface area contributed by atoms with Crippen LogP contribution in [0.1, 0.15) is 55.2 Å². The SMILES string of the molecule is COC(=O)C(N=C(c1ccccc1)c1ccccc1N(C)C(=O)C1CCCN1Cc1ccccc1)C1CCC(F)(F)CC1. The Balaban J connectivity index is 1.50. The van der Waals surface area contributed by atoms with E-state index < -0.39 is 17.9 Å². The molecule has 0 N–H and O–H groups in total. The van der Waals surface area contributed by atoms with Crippen molar-refractivity contribution in [3.63, 3.8) is 0 Å². The van der Waals surface area contributed by atoms with Crippen molar-refractivity contribution in [2.75, 3.05) is 25.6 Å². The van der Waals surface area contributed by atoms with Gasteiger partial charge < -0.3 is 9.64 Å². The number of amides is 1. The highest BCUT2D eigenvalue weighted by atomic mass is 19.3. The van der Waals surface area contributed by atoms with Crippen LogP contribution in [0.25, 0.3) is 0 Å². The first-order chi connectivity index (χ1) is 20.8. The van der Waals surface area contributed by atoms with E-state index in [-0.39, 0.29) is 43.6 Å². The summed E-state index contributed by atoms with van der Waals surface area (Å²) in [6, 6.07) is 26.0. The van der Waals surface area contributed by atoms with Crippen molar-refractivity contribution in [2.24, 2.45) is 10.9 Å². The molecule has 5 rings (SSSR count). The zero-order valence-corrected chi connectivity index (χ0v) is 24.8. The first-order valence-electron chi connectivity index (χ1n) is 15.0. The number of anilines is 1. The maximum absolute atomic E-state index is 14.0. The number of para-hydroxylation sites is 1. The van der Waals surface area contributed by atoms with Gasteiger partial charge in [-0.1, -0.05) is 78.9 Å². The largest absolute Gasteiger partial charge is 0.467 e. The van der Waals surface area contributed by atoms with Crippen molar-refractivity contribution in [3.05, 3.63) is 102 Å². The molecule has 1 saturated carbocycles. The summed E-state index contributed by atoms with van der Waals surface area (Å²) in [5, 5.41) is 0. The summed E-state index contributed by atoms with van der Waals surface area (Å²) < 4.78 is 33.2. The van der Waals surface area contributed by atoms with E-state index in [0.29, 0.717) is 23.5 Å². The lowest BCUT2D eigenvalue weighted by atomic mass is 9.82. The molecule has 43 heavy (non-hydrogen) atoms. The molecule has 1 heterocycles. The highest BCUT2D eigenvalue weighted by molar-refractivity contribution is 6.18. The molecule has 2 fully saturated rings. The lowest BCUT2D eigenvalue weighted by Gasteiger charge is -2.32. The van der Waals surface area contributed by atoms with Crippen molar-refractivity contribution in [3.8, 4) is 0 Å². The number of likely N-dealkylation sites (N-methyl/N-ethyl adjacent to an activating group) is 1. The molecule has 0 spiro atoms. The molecule has 2 atom stereocenters. The zero-order valence-electron chi connectivity index (χ0n) is 24.8. The number of methoxy groups -OCH3 is 1. The van der Waals surface area contributed by atoms with Gasteiger partial charge in [0.1, 0.15) is 0 Å². The monoisotopic (exact) mass is 587 g/mol. The van der Waals surface area contributed by atoms with Crippen molar-refractivity contribution in [1.82, 2.24) is 4.90 Å². The molecule has 6 nitrogen and oxygen atoms in total. The third-order valence-electron chi connectivity index (χ3n) is 8.69. The number of esters is 1. The minimum absolute atomic E-state index is 0.00711. The van der Waals surface area contributed by atoms with E-state index in [1.54, 1.807) is 11.9 Å². The lowest BCUT2D eigenvalue weighted by Crippen LogP contribution is -2.44. The van der Waals surface area contributed by atoms with Crippen molar-refractivity contribution in [2.45, 2.75) is 63.1 Å². The topological polar surface area (TPSA) is 62.2 Å². The Kier molecular flexibility index (Phi) is 9.65. The quantitative estimate of drug-likeness (QED) is 0.211. The van der Waals surface area contributed by atoms with Crippen LogP contribution in [0.5, 0.6) is 0 Å². The van der Waals surface area contributed by atoms with Crippen LogP contribution in [0, 0.1) is 5.92 Å². The number of alkyl halides is 2. The summed E-state index contributed by atoms with van der Waals surface area (Å²) in [5.74, 6) is -3.66. The number of likely N-dealkylation sites (tertiary alicyclic amines) is 1. The molecule has 1 aliphatic carbocycles. The fraction of sp³-hybridized carbons (Fsp3) is 0.400. The number of benzene rings is 3. The third-order valence-corrected chi connectivity index (χ3v) is 8.69. The highest BCUT2D eigenvalue weighted by Gasteiger charge is 2.41. The number of halogens is 2. The summed E-state index contributed by atoms with van der Waals surface area (Å²) >= 11 is 0. The first kappa shape index (κ1) is 30.5. The molecule has 8 heteroatoms. The van der Waals surface area contributed by atoms with Gasteiger partial charge in [-0.2, -0.15) is 0 Å². The summed E-state index contributed by atoms with van der Waals surface area (Å²) in [7, 11) is 3.08. The summed E-state index contributed by atoms with van der Waals surface area (Å²) in [6.45, 7) is 1.55. The van der Waals surface area contributed by atoms with E-state index in [1.807, 2.05) is 72.8 Å². The Morgan fingerprint density at radius 3 is 2.26 bits per heavy atom. The number of aliphatic imine (C=N–C) groups is 1. The van der Waals surface area contributed by atoms with Crippen LogP contribution in [-0.2, 0) is 20.9 Å². The fourth-order valence-corrected chi connectivity index (χ4v) is 6.31. The number of carbonyl (C=O) groups is 2. The molecule has 226 valence electrons. The number of carbonyl (C=O) groups excluding carboxylic acids is 2. The standard InChI is InChI=1S/C35H39F2N3O3/c1-39(33(41)30-18-11-23-40(30)24-25-12-5-3-6-13-25)29-17-10-9-16-28(29)31(26-14-7-4-8-15-26)38-32(34(42)43-2)27-19-21-35(36,37)22-20-27/h3-10,12-17,27,30,32H,11,18-24H2,1-2H3. The van der Waals surface area contributed by atoms with Gasteiger partial charge in [-0.3, -0.25) is 14.7 Å². The Bertz CT molecular complexity index is 1420. The van der Waals surface area contributed by atoms with Crippen molar-refractivity contribution >= 4 is 23.3 Å². The third kappa shape index (κ3) is 7.19. The van der Waals surface area contributed by atoms with E-state index >= 15 is 0 Å². The number of rotatable bonds is 9. The normalized spacial score (nSPS) is 20.0. The molecule has 1 aliphatic heterocycles. The van der Waals surface area contributed by atoms with E-state index in [4.69, 9.17) is 9.73 Å². The molecule has 1 saturated heterocycles. The maximum atomic E-state index is 14.0. The maximum Gasteiger partial charge on any atom is 0.330 e. The van der Waals surface area contributed by atoms with Crippen molar-refractivity contribution in [1.29, 1.82) is 0 Å². The van der Waals surface area contributed by atoms with Crippen LogP contribution < -0.4 is 4.90 Å². The summed E-state index contributed by atoms with van der Waals surface area (Å²) in [6.07, 6.45) is 1.51. The molecular weight excluding hydrogens is 548 g/mol. The smallest absolute Gasteiger partial charge is 0.330 e. The first-order valence-corrected chi connectivity index (χ1v) is 15.0. The van der Waals surface area contributed by atoms with Crippen LogP contribution in [0.4, 0.5) is 14.5 Å². The van der Waals surface area contributed by atoms with E-state index in [2.05, 4.69) is 17.0 Å². The zero-order chi connectivity index (χ0) is 30.4. The van der Waals surface area contributed by atoms with Gasteiger partial charge in [-0.15, -0.1) is 0 Å². The second kappa shape index (κ2) is 13.6. The molecule has 0 aromatic heterocycles. The van der Waals surface area contributed by atoms with Gasteiger partial charge in [0.2, 0.25) is 11.8 Å². The van der Waals surface area contributed by atoms with Gasteiger partial charge in [0.05, 0.1) is 24.6 Å². The van der Waals surface area contributed by atoms with Gasteiger partial charge in [0, 0.05) is 37.6 Å². The van der Waals surface area contributed by atoms with Crippen LogP contribution in [0.15, 0.2) is 89.9 Å². The van der Waals surface area contributed by atoms with Crippen LogP contribution in [-0.4, -0.2) is 61.2 Å². The number of hydrogen-bond donors (Lipinski definition) is 0. The Hall–Kier alpha value is -3.91. The molecule has 3 aromatic rings. The van der Waals surface area contributed by atoms with Crippen LogP contribution in [0.2, 0.25) is 0 Å². The second-order valence-electron chi connectivity index (χ2n) is 11.5. The van der Waals surface area contributed by atoms with Gasteiger partial charge in [0.15, 0.2) is 6.04 Å². The molecule has 1 amide bonds. The van der Waals surface area contributed by atoms with Crippen LogP contribution >= 0.6 is 0 Å². The second-order valence-corrected chi connectivity index (χ2v) is 11.5. The van der Waals surface area contributed by atoms with E-state index in [0.717, 1.165) is 30.5 Å². The molecular formula is C35H39F2N3O3. The number of ether oxygens (including phenoxy) is 1. The minimum atomic E-state index is -2.73. The van der Waals surface area contributed by atoms with Gasteiger partial charge in [-0.25, -0.2) is 13.6 Å². The fourth-order valence-electron chi connectivity index (χ4n) is 6.31. The van der Waals surface area contributed by atoms with E-state index in [9.17, 15) is 18.4 Å². The average Bonchev–Trinajstić information content (AvgIpc) is 3.50. The highest BCUT2D eigenvalue weighted by Crippen LogP contribution is 2.39. The predicted molar refractivity (Wildman–Crippen MR) is 165 cm³/mol. The molecule has 2 unspecified atom stereocenters. The summed E-state index contributed by atoms with van der Waals surface area (Å²) in [5.41, 5.74) is 3.80. The number of hydrogen-bond acceptors (Lipinski definition) is 5. The molecule has 2 aliphatic rings. The lowest BCUT2D eigenvalue weighted by molar-refractivity contribution is -0.144. The van der Waals surface area contributed by atoms with Crippen molar-refractivity contribution < 1.29 is 23.1 Å². The Morgan fingerprint density at radius 1 is 0.953 bits per heavy atom. The Labute approximate surface area is 252 Å². The predicted octanol–water partition coefficient (Wildman–Crippen LogP) is 6.52. The average molecular weight is 588 g/mol. The summed E-state index contributed by atoms with van der Waals surface area (Å²) in [4.78, 5) is 36.0. The molecule has 0 radical (unpaired) electrons. The van der Waals surface area contributed by atoms with Gasteiger partial charge in [-0.05, 0) is 49.8 Å². The van der Waals surface area contributed by atoms with Crippen LogP contribution in [0.3, 0.4) is 0 Å². The van der Waals surface area contributed by atoms with Gasteiger partial charge in [0.25, 0.3) is 0 Å². The number of nitrogens with zero attached hydrogens (tertiary/aromatic N) is 3. The Morgan fingerprint density at radius 2 is 1.58 bits per heavy atom.